The zero-order chi connectivity index (χ0) is 26.6. The highest BCUT2D eigenvalue weighted by Gasteiger charge is 2.43. The number of amides is 3. The molecule has 3 atom stereocenters. The van der Waals surface area contributed by atoms with Gasteiger partial charge in [-0.15, -0.1) is 0 Å². The summed E-state index contributed by atoms with van der Waals surface area (Å²) in [4.78, 5) is 45.3. The Hall–Kier alpha value is -2.37. The maximum absolute atomic E-state index is 13.3. The molecule has 0 aromatic heterocycles. The van der Waals surface area contributed by atoms with E-state index in [0.29, 0.717) is 37.8 Å². The Kier molecular flexibility index (Phi) is 8.97. The summed E-state index contributed by atoms with van der Waals surface area (Å²) in [6.45, 7) is 7.12. The fourth-order valence-corrected chi connectivity index (χ4v) is 6.92. The van der Waals surface area contributed by atoms with Gasteiger partial charge in [-0.25, -0.2) is 0 Å². The molecule has 1 aromatic rings. The molecule has 3 fully saturated rings. The van der Waals surface area contributed by atoms with Gasteiger partial charge in [-0.05, 0) is 35.7 Å². The van der Waals surface area contributed by atoms with Crippen molar-refractivity contribution in [2.24, 2.45) is 23.2 Å². The number of likely N-dealkylation sites (tertiary alicyclic amines) is 2. The van der Waals surface area contributed by atoms with Gasteiger partial charge in [0.05, 0.1) is 5.92 Å². The molecule has 2 heterocycles. The predicted octanol–water partition coefficient (Wildman–Crippen LogP) is 4.94. The number of carbonyl (C=O) groups is 3. The lowest BCUT2D eigenvalue weighted by atomic mass is 9.72. The van der Waals surface area contributed by atoms with E-state index < -0.39 is 0 Å². The van der Waals surface area contributed by atoms with E-state index in [4.69, 9.17) is 0 Å². The van der Waals surface area contributed by atoms with Gasteiger partial charge in [0.25, 0.3) is 0 Å². The summed E-state index contributed by atoms with van der Waals surface area (Å²) in [7, 11) is 3.60. The van der Waals surface area contributed by atoms with Crippen LogP contribution in [-0.2, 0) is 14.4 Å². The quantitative estimate of drug-likeness (QED) is 0.523. The third-order valence-corrected chi connectivity index (χ3v) is 9.37. The summed E-state index contributed by atoms with van der Waals surface area (Å²) in [5.74, 6) is 1.24. The second kappa shape index (κ2) is 12.0. The average molecular weight is 510 g/mol. The maximum atomic E-state index is 13.3. The molecule has 3 unspecified atom stereocenters. The highest BCUT2D eigenvalue weighted by atomic mass is 16.2. The van der Waals surface area contributed by atoms with Gasteiger partial charge in [0, 0.05) is 59.0 Å². The van der Waals surface area contributed by atoms with Crippen molar-refractivity contribution in [3.63, 3.8) is 0 Å². The van der Waals surface area contributed by atoms with Crippen molar-refractivity contribution in [1.29, 1.82) is 0 Å². The molecule has 0 spiro atoms. The van der Waals surface area contributed by atoms with Gasteiger partial charge in [0.1, 0.15) is 0 Å². The second-order valence-corrected chi connectivity index (χ2v) is 12.7. The molecule has 6 heteroatoms. The molecule has 1 saturated carbocycles. The van der Waals surface area contributed by atoms with Crippen LogP contribution in [0.3, 0.4) is 0 Å². The molecule has 2 aliphatic heterocycles. The van der Waals surface area contributed by atoms with E-state index in [1.807, 2.05) is 35.2 Å². The zero-order valence-corrected chi connectivity index (χ0v) is 23.5. The third-order valence-electron chi connectivity index (χ3n) is 9.37. The summed E-state index contributed by atoms with van der Waals surface area (Å²) in [6, 6.07) is 10.0. The molecular formula is C31H47N3O3. The minimum Gasteiger partial charge on any atom is -0.349 e. The first-order valence-corrected chi connectivity index (χ1v) is 14.5. The number of hydrogen-bond acceptors (Lipinski definition) is 3. The monoisotopic (exact) mass is 509 g/mol. The van der Waals surface area contributed by atoms with Crippen molar-refractivity contribution in [3.05, 3.63) is 35.9 Å². The topological polar surface area (TPSA) is 60.9 Å². The van der Waals surface area contributed by atoms with Crippen LogP contribution in [-0.4, -0.2) is 72.7 Å². The number of rotatable bonds is 7. The predicted molar refractivity (Wildman–Crippen MR) is 147 cm³/mol. The molecule has 4 rings (SSSR count). The Morgan fingerprint density at radius 1 is 1.03 bits per heavy atom. The largest absolute Gasteiger partial charge is 0.349 e. The normalized spacial score (nSPS) is 26.7. The molecule has 6 nitrogen and oxygen atoms in total. The van der Waals surface area contributed by atoms with Gasteiger partial charge in [0.2, 0.25) is 17.7 Å². The first-order chi connectivity index (χ1) is 17.7. The molecule has 204 valence electrons. The van der Waals surface area contributed by atoms with Crippen LogP contribution >= 0.6 is 0 Å². The lowest BCUT2D eigenvalue weighted by molar-refractivity contribution is -0.146. The van der Waals surface area contributed by atoms with Crippen LogP contribution in [0.4, 0.5) is 0 Å². The Bertz CT molecular complexity index is 938. The van der Waals surface area contributed by atoms with Crippen LogP contribution in [0, 0.1) is 23.2 Å². The number of carbonyl (C=O) groups excluding carboxylic acids is 3. The standard InChI is InChI=1S/C31H47N3O3/c1-31(2)22-33(28(35)16-15-23-11-7-5-8-12-23)18-17-25(31)20-34-21-27(30(37)32(3)4)26(19-29(34)36)24-13-9-6-10-14-24/h6,9-10,13-14,23,25-27H,5,7-8,11-12,15-22H2,1-4H3. The lowest BCUT2D eigenvalue weighted by Crippen LogP contribution is -2.55. The summed E-state index contributed by atoms with van der Waals surface area (Å²) in [5.41, 5.74) is 0.993. The third kappa shape index (κ3) is 6.74. The van der Waals surface area contributed by atoms with E-state index >= 15 is 0 Å². The van der Waals surface area contributed by atoms with Crippen LogP contribution < -0.4 is 0 Å². The molecule has 0 N–H and O–H groups in total. The molecule has 1 aliphatic carbocycles. The zero-order valence-electron chi connectivity index (χ0n) is 23.5. The minimum atomic E-state index is -0.236. The van der Waals surface area contributed by atoms with E-state index in [-0.39, 0.29) is 29.1 Å². The van der Waals surface area contributed by atoms with Crippen LogP contribution in [0.1, 0.15) is 83.1 Å². The van der Waals surface area contributed by atoms with Gasteiger partial charge in [-0.3, -0.25) is 14.4 Å². The summed E-state index contributed by atoms with van der Waals surface area (Å²) in [6.07, 6.45) is 9.53. The SMILES string of the molecule is CN(C)C(=O)C1CN(CC2CCN(C(=O)CCC3CCCCC3)CC2(C)C)C(=O)CC1c1ccccc1. The van der Waals surface area contributed by atoms with Gasteiger partial charge in [-0.1, -0.05) is 76.3 Å². The van der Waals surface area contributed by atoms with Gasteiger partial charge in [0.15, 0.2) is 0 Å². The van der Waals surface area contributed by atoms with Crippen molar-refractivity contribution in [2.75, 3.05) is 40.3 Å². The fraction of sp³-hybridized carbons (Fsp3) is 0.710. The number of nitrogens with zero attached hydrogens (tertiary/aromatic N) is 3. The van der Waals surface area contributed by atoms with Crippen LogP contribution in [0.15, 0.2) is 30.3 Å². The molecule has 2 saturated heterocycles. The van der Waals surface area contributed by atoms with E-state index in [0.717, 1.165) is 37.4 Å². The van der Waals surface area contributed by atoms with Gasteiger partial charge in [-0.2, -0.15) is 0 Å². The van der Waals surface area contributed by atoms with Crippen molar-refractivity contribution in [2.45, 2.75) is 77.6 Å². The van der Waals surface area contributed by atoms with E-state index in [1.165, 1.54) is 32.1 Å². The summed E-state index contributed by atoms with van der Waals surface area (Å²) in [5, 5.41) is 0. The first kappa shape index (κ1) is 27.7. The smallest absolute Gasteiger partial charge is 0.227 e. The molecule has 37 heavy (non-hydrogen) atoms. The van der Waals surface area contributed by atoms with Crippen molar-refractivity contribution >= 4 is 17.7 Å². The highest BCUT2D eigenvalue weighted by molar-refractivity contribution is 5.85. The Labute approximate surface area is 223 Å². The molecule has 3 amide bonds. The molecule has 0 radical (unpaired) electrons. The van der Waals surface area contributed by atoms with Crippen LogP contribution in [0.25, 0.3) is 0 Å². The number of benzene rings is 1. The number of piperidine rings is 2. The first-order valence-electron chi connectivity index (χ1n) is 14.5. The van der Waals surface area contributed by atoms with Gasteiger partial charge >= 0.3 is 0 Å². The summed E-state index contributed by atoms with van der Waals surface area (Å²) >= 11 is 0. The fourth-order valence-electron chi connectivity index (χ4n) is 6.92. The van der Waals surface area contributed by atoms with E-state index in [2.05, 4.69) is 18.7 Å². The Morgan fingerprint density at radius 2 is 1.73 bits per heavy atom. The number of hydrogen-bond donors (Lipinski definition) is 0. The minimum absolute atomic E-state index is 0.0731. The highest BCUT2D eigenvalue weighted by Crippen LogP contribution is 2.39. The van der Waals surface area contributed by atoms with Crippen molar-refractivity contribution < 1.29 is 14.4 Å². The average Bonchev–Trinajstić information content (AvgIpc) is 2.89. The van der Waals surface area contributed by atoms with Crippen LogP contribution in [0.5, 0.6) is 0 Å². The molecule has 3 aliphatic rings. The summed E-state index contributed by atoms with van der Waals surface area (Å²) < 4.78 is 0. The van der Waals surface area contributed by atoms with E-state index in [9.17, 15) is 14.4 Å². The second-order valence-electron chi connectivity index (χ2n) is 12.7. The van der Waals surface area contributed by atoms with E-state index in [1.54, 1.807) is 19.0 Å². The molecular weight excluding hydrogens is 462 g/mol. The van der Waals surface area contributed by atoms with Crippen molar-refractivity contribution in [1.82, 2.24) is 14.7 Å². The molecule has 0 bridgehead atoms. The Balaban J connectivity index is 1.37. The van der Waals surface area contributed by atoms with Gasteiger partial charge < -0.3 is 14.7 Å². The molecule has 1 aromatic carbocycles. The lowest BCUT2D eigenvalue weighted by Gasteiger charge is -2.47. The Morgan fingerprint density at radius 3 is 2.38 bits per heavy atom. The van der Waals surface area contributed by atoms with Crippen LogP contribution in [0.2, 0.25) is 0 Å². The van der Waals surface area contributed by atoms with Crippen molar-refractivity contribution in [3.8, 4) is 0 Å². The maximum Gasteiger partial charge on any atom is 0.227 e.